The molecule has 1 aromatic rings. The topological polar surface area (TPSA) is 81.8 Å². The summed E-state index contributed by atoms with van der Waals surface area (Å²) in [6.07, 6.45) is 18.4. The van der Waals surface area contributed by atoms with Gasteiger partial charge >= 0.3 is 0 Å². The molecular formula is C22H34N2O2. The van der Waals surface area contributed by atoms with Crippen LogP contribution in [0, 0.1) is 29.6 Å². The van der Waals surface area contributed by atoms with Gasteiger partial charge in [0.15, 0.2) is 0 Å². The summed E-state index contributed by atoms with van der Waals surface area (Å²) in [4.78, 5) is 16.7. The molecule has 0 unspecified atom stereocenters. The molecule has 0 bridgehead atoms. The van der Waals surface area contributed by atoms with Gasteiger partial charge in [0.05, 0.1) is 0 Å². The SMILES string of the molecule is C1CCC(CC2CCCCC2)CC1.Cc1ccccc1.N=C=O.N=C=O. The second-order valence-electron chi connectivity index (χ2n) is 7.10. The summed E-state index contributed by atoms with van der Waals surface area (Å²) in [5.74, 6) is 2.24. The lowest BCUT2D eigenvalue weighted by Crippen LogP contribution is -2.14. The number of nitrogens with one attached hydrogen (secondary N) is 2. The molecule has 0 aromatic heterocycles. The molecule has 2 N–H and O–H groups in total. The van der Waals surface area contributed by atoms with Crippen LogP contribution in [-0.2, 0) is 9.59 Å². The Kier molecular flexibility index (Phi) is 16.4. The number of hydrogen-bond donors (Lipinski definition) is 2. The number of benzene rings is 1. The van der Waals surface area contributed by atoms with Gasteiger partial charge in [-0.3, -0.25) is 0 Å². The summed E-state index contributed by atoms with van der Waals surface area (Å²) in [6, 6.07) is 10.3. The van der Waals surface area contributed by atoms with E-state index in [1.165, 1.54) is 44.1 Å². The van der Waals surface area contributed by atoms with E-state index in [4.69, 9.17) is 20.4 Å². The highest BCUT2D eigenvalue weighted by Gasteiger charge is 2.20. The molecular weight excluding hydrogens is 324 g/mol. The van der Waals surface area contributed by atoms with E-state index in [1.807, 2.05) is 18.2 Å². The molecule has 4 nitrogen and oxygen atoms in total. The van der Waals surface area contributed by atoms with Crippen LogP contribution in [0.1, 0.15) is 76.2 Å². The molecule has 1 aromatic carbocycles. The molecule has 0 heterocycles. The van der Waals surface area contributed by atoms with Crippen LogP contribution in [0.25, 0.3) is 0 Å². The maximum absolute atomic E-state index is 8.35. The van der Waals surface area contributed by atoms with Crippen molar-refractivity contribution in [1.29, 1.82) is 10.8 Å². The molecule has 4 heteroatoms. The maximum atomic E-state index is 8.35. The molecule has 2 fully saturated rings. The van der Waals surface area contributed by atoms with Crippen molar-refractivity contribution in [1.82, 2.24) is 0 Å². The Morgan fingerprint density at radius 1 is 0.769 bits per heavy atom. The number of rotatable bonds is 2. The van der Waals surface area contributed by atoms with Gasteiger partial charge in [0.2, 0.25) is 12.2 Å². The normalized spacial score (nSPS) is 16.8. The molecule has 144 valence electrons. The lowest BCUT2D eigenvalue weighted by atomic mass is 9.78. The van der Waals surface area contributed by atoms with E-state index in [9.17, 15) is 0 Å². The van der Waals surface area contributed by atoms with Crippen LogP contribution in [0.5, 0.6) is 0 Å². The van der Waals surface area contributed by atoms with Crippen LogP contribution in [-0.4, -0.2) is 12.2 Å². The molecule has 3 rings (SSSR count). The molecule has 0 spiro atoms. The lowest BCUT2D eigenvalue weighted by Gasteiger charge is -2.28. The fourth-order valence-corrected chi connectivity index (χ4v) is 3.85. The predicted octanol–water partition coefficient (Wildman–Crippen LogP) is 6.33. The van der Waals surface area contributed by atoms with Crippen molar-refractivity contribution in [3.63, 3.8) is 0 Å². The van der Waals surface area contributed by atoms with E-state index >= 15 is 0 Å². The summed E-state index contributed by atoms with van der Waals surface area (Å²) >= 11 is 0. The highest BCUT2D eigenvalue weighted by atomic mass is 16.1. The average molecular weight is 359 g/mol. The Morgan fingerprint density at radius 2 is 1.12 bits per heavy atom. The minimum Gasteiger partial charge on any atom is -0.222 e. The zero-order valence-electron chi connectivity index (χ0n) is 16.1. The van der Waals surface area contributed by atoms with Crippen LogP contribution in [0.3, 0.4) is 0 Å². The van der Waals surface area contributed by atoms with E-state index < -0.39 is 0 Å². The molecule has 0 atom stereocenters. The zero-order chi connectivity index (χ0) is 19.5. The molecule has 26 heavy (non-hydrogen) atoms. The maximum Gasteiger partial charge on any atom is 0.231 e. The van der Waals surface area contributed by atoms with Gasteiger partial charge in [-0.1, -0.05) is 100 Å². The van der Waals surface area contributed by atoms with Crippen LogP contribution in [0.2, 0.25) is 0 Å². The molecule has 2 aliphatic rings. The fraction of sp³-hybridized carbons (Fsp3) is 0.636. The predicted molar refractivity (Wildman–Crippen MR) is 106 cm³/mol. The molecule has 2 aliphatic carbocycles. The van der Waals surface area contributed by atoms with Gasteiger partial charge in [0.25, 0.3) is 0 Å². The largest absolute Gasteiger partial charge is 0.231 e. The van der Waals surface area contributed by atoms with E-state index in [-0.39, 0.29) is 0 Å². The monoisotopic (exact) mass is 358 g/mol. The summed E-state index contributed by atoms with van der Waals surface area (Å²) < 4.78 is 0. The third-order valence-corrected chi connectivity index (χ3v) is 5.06. The Bertz CT molecular complexity index is 464. The molecule has 0 radical (unpaired) electrons. The van der Waals surface area contributed by atoms with Gasteiger partial charge in [0.1, 0.15) is 0 Å². The molecule has 2 saturated carbocycles. The Morgan fingerprint density at radius 3 is 1.38 bits per heavy atom. The second-order valence-corrected chi connectivity index (χ2v) is 7.10. The van der Waals surface area contributed by atoms with Crippen molar-refractivity contribution >= 4 is 12.2 Å². The van der Waals surface area contributed by atoms with Crippen molar-refractivity contribution < 1.29 is 9.59 Å². The number of carbonyl (C=O) groups excluding carboxylic acids is 2. The van der Waals surface area contributed by atoms with E-state index in [1.54, 1.807) is 32.1 Å². The van der Waals surface area contributed by atoms with Gasteiger partial charge < -0.3 is 0 Å². The smallest absolute Gasteiger partial charge is 0.222 e. The van der Waals surface area contributed by atoms with Gasteiger partial charge in [0, 0.05) is 0 Å². The Balaban J connectivity index is 0.000000405. The van der Waals surface area contributed by atoms with Gasteiger partial charge in [-0.05, 0) is 25.2 Å². The molecule has 0 amide bonds. The summed E-state index contributed by atoms with van der Waals surface area (Å²) in [5.41, 5.74) is 1.32. The van der Waals surface area contributed by atoms with Gasteiger partial charge in [-0.25, -0.2) is 20.4 Å². The Labute approximate surface area is 158 Å². The summed E-state index contributed by atoms with van der Waals surface area (Å²) in [7, 11) is 0. The average Bonchev–Trinajstić information content (AvgIpc) is 2.66. The summed E-state index contributed by atoms with van der Waals surface area (Å²) in [5, 5.41) is 10.8. The highest BCUT2D eigenvalue weighted by Crippen LogP contribution is 2.34. The second kappa shape index (κ2) is 17.8. The first kappa shape index (κ1) is 24.0. The summed E-state index contributed by atoms with van der Waals surface area (Å²) in [6.45, 7) is 2.08. The van der Waals surface area contributed by atoms with Gasteiger partial charge in [-0.2, -0.15) is 0 Å². The lowest BCUT2D eigenvalue weighted by molar-refractivity contribution is 0.244. The van der Waals surface area contributed by atoms with Crippen LogP contribution in [0.4, 0.5) is 0 Å². The third kappa shape index (κ3) is 14.3. The van der Waals surface area contributed by atoms with Crippen LogP contribution < -0.4 is 0 Å². The standard InChI is InChI=1S/C13H24.C7H8.2CHNO/c1-3-7-12(8-4-1)11-13-9-5-2-6-10-13;1-7-5-3-2-4-6-7;2*2-1-3/h12-13H,1-11H2;2-6H,1H3;2*2H. The minimum absolute atomic E-state index is 0.750. The fourth-order valence-electron chi connectivity index (χ4n) is 3.85. The first-order chi connectivity index (χ1) is 12.7. The minimum atomic E-state index is 0.750. The third-order valence-electron chi connectivity index (χ3n) is 5.06. The van der Waals surface area contributed by atoms with Crippen LogP contribution >= 0.6 is 0 Å². The first-order valence-electron chi connectivity index (χ1n) is 9.77. The number of isocyanates is 2. The van der Waals surface area contributed by atoms with Crippen LogP contribution in [0.15, 0.2) is 30.3 Å². The molecule has 0 aliphatic heterocycles. The first-order valence-corrected chi connectivity index (χ1v) is 9.77. The van der Waals surface area contributed by atoms with Gasteiger partial charge in [-0.15, -0.1) is 0 Å². The molecule has 0 saturated heterocycles. The van der Waals surface area contributed by atoms with E-state index in [0.717, 1.165) is 24.0 Å². The van der Waals surface area contributed by atoms with Crippen molar-refractivity contribution in [2.75, 3.05) is 0 Å². The zero-order valence-corrected chi connectivity index (χ0v) is 16.1. The quantitative estimate of drug-likeness (QED) is 0.478. The Hall–Kier alpha value is -2.02. The van der Waals surface area contributed by atoms with E-state index in [2.05, 4.69) is 19.1 Å². The highest BCUT2D eigenvalue weighted by molar-refractivity contribution is 5.26. The van der Waals surface area contributed by atoms with Crippen molar-refractivity contribution in [3.05, 3.63) is 35.9 Å². The van der Waals surface area contributed by atoms with Crippen molar-refractivity contribution in [2.45, 2.75) is 77.6 Å². The number of hydrogen-bond acceptors (Lipinski definition) is 4. The van der Waals surface area contributed by atoms with Crippen molar-refractivity contribution in [2.24, 2.45) is 11.8 Å². The number of aryl methyl sites for hydroxylation is 1. The van der Waals surface area contributed by atoms with E-state index in [0.29, 0.717) is 0 Å². The van der Waals surface area contributed by atoms with Crippen molar-refractivity contribution in [3.8, 4) is 0 Å².